The molecule has 0 atom stereocenters. The molecule has 0 saturated carbocycles. The molecule has 0 spiro atoms. The minimum absolute atomic E-state index is 0.0995. The van der Waals surface area contributed by atoms with E-state index in [9.17, 15) is 4.39 Å². The monoisotopic (exact) mass is 165 g/mol. The summed E-state index contributed by atoms with van der Waals surface area (Å²) in [6.07, 6.45) is 2.76. The van der Waals surface area contributed by atoms with Crippen LogP contribution in [0.5, 0.6) is 0 Å². The second kappa shape index (κ2) is 2.65. The van der Waals surface area contributed by atoms with E-state index >= 15 is 0 Å². The summed E-state index contributed by atoms with van der Waals surface area (Å²) in [6, 6.07) is 2.80. The first-order chi connectivity index (χ1) is 5.88. The van der Waals surface area contributed by atoms with Gasteiger partial charge in [0.15, 0.2) is 11.6 Å². The highest BCUT2D eigenvalue weighted by Crippen LogP contribution is 2.05. The highest BCUT2D eigenvalue weighted by Gasteiger charge is 2.04. The molecule has 60 valence electrons. The molecule has 0 saturated heterocycles. The van der Waals surface area contributed by atoms with Gasteiger partial charge in [-0.3, -0.25) is 0 Å². The van der Waals surface area contributed by atoms with E-state index in [-0.39, 0.29) is 5.82 Å². The standard InChI is InChI=1S/C6H4FN5/c7-5-2-1-3-8-6(5)12-4-9-10-11-12/h1-4H. The van der Waals surface area contributed by atoms with Gasteiger partial charge in [-0.05, 0) is 22.6 Å². The van der Waals surface area contributed by atoms with Crippen molar-refractivity contribution in [2.24, 2.45) is 0 Å². The molecule has 0 aliphatic heterocycles. The molecule has 0 amide bonds. The van der Waals surface area contributed by atoms with Gasteiger partial charge in [-0.25, -0.2) is 9.37 Å². The van der Waals surface area contributed by atoms with E-state index in [4.69, 9.17) is 0 Å². The van der Waals surface area contributed by atoms with Gasteiger partial charge in [0.1, 0.15) is 6.33 Å². The van der Waals surface area contributed by atoms with Crippen molar-refractivity contribution in [3.63, 3.8) is 0 Å². The Hall–Kier alpha value is -1.85. The van der Waals surface area contributed by atoms with Gasteiger partial charge in [0.25, 0.3) is 0 Å². The van der Waals surface area contributed by atoms with Gasteiger partial charge in [0.05, 0.1) is 0 Å². The first-order valence-electron chi connectivity index (χ1n) is 3.22. The average molecular weight is 165 g/mol. The molecule has 0 aliphatic rings. The lowest BCUT2D eigenvalue weighted by Crippen LogP contribution is -2.01. The Morgan fingerprint density at radius 3 is 3.00 bits per heavy atom. The first kappa shape index (κ1) is 6.84. The van der Waals surface area contributed by atoms with Gasteiger partial charge in [0, 0.05) is 6.20 Å². The summed E-state index contributed by atoms with van der Waals surface area (Å²) in [4.78, 5) is 3.77. The Bertz CT molecular complexity index is 371. The van der Waals surface area contributed by atoms with Crippen LogP contribution in [0, 0.1) is 5.82 Å². The Morgan fingerprint density at radius 1 is 1.42 bits per heavy atom. The number of pyridine rings is 1. The quantitative estimate of drug-likeness (QED) is 0.605. The van der Waals surface area contributed by atoms with Crippen LogP contribution in [-0.4, -0.2) is 25.2 Å². The van der Waals surface area contributed by atoms with Crippen LogP contribution < -0.4 is 0 Å². The zero-order valence-electron chi connectivity index (χ0n) is 5.92. The third-order valence-electron chi connectivity index (χ3n) is 1.31. The number of hydrogen-bond donors (Lipinski definition) is 0. The third kappa shape index (κ3) is 1.03. The van der Waals surface area contributed by atoms with E-state index in [2.05, 4.69) is 20.5 Å². The average Bonchev–Trinajstić information content (AvgIpc) is 2.57. The SMILES string of the molecule is Fc1cccnc1-n1cnnn1. The molecule has 0 bridgehead atoms. The van der Waals surface area contributed by atoms with E-state index in [1.165, 1.54) is 24.7 Å². The summed E-state index contributed by atoms with van der Waals surface area (Å²) in [5.41, 5.74) is 0. The fraction of sp³-hybridized carbons (Fsp3) is 0. The molecule has 12 heavy (non-hydrogen) atoms. The maximum absolute atomic E-state index is 13.0. The van der Waals surface area contributed by atoms with Crippen molar-refractivity contribution in [1.29, 1.82) is 0 Å². The van der Waals surface area contributed by atoms with Crippen molar-refractivity contribution in [2.45, 2.75) is 0 Å². The zero-order valence-corrected chi connectivity index (χ0v) is 5.92. The van der Waals surface area contributed by atoms with Crippen LogP contribution in [0.15, 0.2) is 24.7 Å². The van der Waals surface area contributed by atoms with Gasteiger partial charge >= 0.3 is 0 Å². The second-order valence-corrected chi connectivity index (χ2v) is 2.06. The lowest BCUT2D eigenvalue weighted by Gasteiger charge is -1.96. The molecule has 2 heterocycles. The van der Waals surface area contributed by atoms with Crippen molar-refractivity contribution >= 4 is 0 Å². The van der Waals surface area contributed by atoms with E-state index in [1.807, 2.05) is 0 Å². The van der Waals surface area contributed by atoms with Crippen LogP contribution >= 0.6 is 0 Å². The number of aromatic nitrogens is 5. The summed E-state index contributed by atoms with van der Waals surface area (Å²) in [6.45, 7) is 0. The molecular formula is C6H4FN5. The van der Waals surface area contributed by atoms with Gasteiger partial charge in [-0.2, -0.15) is 4.68 Å². The van der Waals surface area contributed by atoms with Crippen LogP contribution in [0.2, 0.25) is 0 Å². The zero-order chi connectivity index (χ0) is 8.39. The third-order valence-corrected chi connectivity index (χ3v) is 1.31. The fourth-order valence-corrected chi connectivity index (χ4v) is 0.804. The highest BCUT2D eigenvalue weighted by molar-refractivity contribution is 5.20. The Morgan fingerprint density at radius 2 is 2.33 bits per heavy atom. The van der Waals surface area contributed by atoms with Gasteiger partial charge in [-0.15, -0.1) is 5.10 Å². The highest BCUT2D eigenvalue weighted by atomic mass is 19.1. The lowest BCUT2D eigenvalue weighted by atomic mass is 10.4. The molecule has 0 aliphatic carbocycles. The topological polar surface area (TPSA) is 56.5 Å². The van der Waals surface area contributed by atoms with Crippen molar-refractivity contribution in [3.05, 3.63) is 30.5 Å². The number of hydrogen-bond acceptors (Lipinski definition) is 4. The van der Waals surface area contributed by atoms with Crippen molar-refractivity contribution in [2.75, 3.05) is 0 Å². The Labute approximate surface area is 66.9 Å². The van der Waals surface area contributed by atoms with Gasteiger partial charge in [0.2, 0.25) is 0 Å². The molecule has 2 aromatic heterocycles. The summed E-state index contributed by atoms with van der Waals surface area (Å²) in [5.74, 6) is -0.354. The van der Waals surface area contributed by atoms with Crippen molar-refractivity contribution in [1.82, 2.24) is 25.2 Å². The minimum Gasteiger partial charge on any atom is -0.234 e. The molecule has 5 nitrogen and oxygen atoms in total. The molecule has 0 N–H and O–H groups in total. The maximum atomic E-state index is 13.0. The molecule has 2 rings (SSSR count). The summed E-state index contributed by atoms with van der Waals surface area (Å²) in [5, 5.41) is 10.2. The number of halogens is 1. The molecule has 0 fully saturated rings. The van der Waals surface area contributed by atoms with Gasteiger partial charge in [-0.1, -0.05) is 0 Å². The number of tetrazole rings is 1. The predicted octanol–water partition coefficient (Wildman–Crippen LogP) is 0.196. The van der Waals surface area contributed by atoms with Crippen molar-refractivity contribution in [3.8, 4) is 5.82 Å². The van der Waals surface area contributed by atoms with Crippen LogP contribution in [-0.2, 0) is 0 Å². The van der Waals surface area contributed by atoms with Crippen LogP contribution in [0.4, 0.5) is 4.39 Å². The van der Waals surface area contributed by atoms with Gasteiger partial charge < -0.3 is 0 Å². The molecular weight excluding hydrogens is 161 g/mol. The molecule has 0 unspecified atom stereocenters. The summed E-state index contributed by atoms with van der Waals surface area (Å²) < 4.78 is 14.1. The predicted molar refractivity (Wildman–Crippen MR) is 36.9 cm³/mol. The largest absolute Gasteiger partial charge is 0.234 e. The molecule has 0 radical (unpaired) electrons. The Kier molecular flexibility index (Phi) is 1.51. The minimum atomic E-state index is -0.454. The van der Waals surface area contributed by atoms with Crippen LogP contribution in [0.3, 0.4) is 0 Å². The maximum Gasteiger partial charge on any atom is 0.193 e. The molecule has 6 heteroatoms. The van der Waals surface area contributed by atoms with E-state index < -0.39 is 5.82 Å². The van der Waals surface area contributed by atoms with Crippen LogP contribution in [0.1, 0.15) is 0 Å². The number of nitrogens with zero attached hydrogens (tertiary/aromatic N) is 5. The first-order valence-corrected chi connectivity index (χ1v) is 3.22. The summed E-state index contributed by atoms with van der Waals surface area (Å²) in [7, 11) is 0. The van der Waals surface area contributed by atoms with Crippen molar-refractivity contribution < 1.29 is 4.39 Å². The Balaban J connectivity index is 2.55. The molecule has 0 aromatic carbocycles. The summed E-state index contributed by atoms with van der Waals surface area (Å²) >= 11 is 0. The lowest BCUT2D eigenvalue weighted by molar-refractivity contribution is 0.596. The number of rotatable bonds is 1. The fourth-order valence-electron chi connectivity index (χ4n) is 0.804. The van der Waals surface area contributed by atoms with E-state index in [1.54, 1.807) is 0 Å². The molecule has 2 aromatic rings. The van der Waals surface area contributed by atoms with Crippen LogP contribution in [0.25, 0.3) is 5.82 Å². The smallest absolute Gasteiger partial charge is 0.193 e. The van der Waals surface area contributed by atoms with E-state index in [0.717, 1.165) is 4.68 Å². The second-order valence-electron chi connectivity index (χ2n) is 2.06. The normalized spacial score (nSPS) is 10.1. The van der Waals surface area contributed by atoms with E-state index in [0.29, 0.717) is 0 Å².